The zero-order chi connectivity index (χ0) is 9.26. The maximum atomic E-state index is 11.3. The number of rotatable bonds is 2. The monoisotopic (exact) mass is 214 g/mol. The second-order valence-electron chi connectivity index (χ2n) is 3.79. The SMILES string of the molecule is Cl.NC1CC(Cn2ccccc2=O)C1. The summed E-state index contributed by atoms with van der Waals surface area (Å²) in [4.78, 5) is 11.3. The van der Waals surface area contributed by atoms with Crippen LogP contribution in [0.1, 0.15) is 12.8 Å². The summed E-state index contributed by atoms with van der Waals surface area (Å²) in [5, 5.41) is 0. The van der Waals surface area contributed by atoms with Crippen LogP contribution in [-0.2, 0) is 6.54 Å². The van der Waals surface area contributed by atoms with Gasteiger partial charge < -0.3 is 10.3 Å². The molecule has 1 fully saturated rings. The molecule has 2 N–H and O–H groups in total. The van der Waals surface area contributed by atoms with Crippen LogP contribution in [0.4, 0.5) is 0 Å². The fraction of sp³-hybridized carbons (Fsp3) is 0.500. The van der Waals surface area contributed by atoms with Crippen LogP contribution in [0.2, 0.25) is 0 Å². The highest BCUT2D eigenvalue weighted by Crippen LogP contribution is 2.26. The van der Waals surface area contributed by atoms with E-state index in [1.165, 1.54) is 0 Å². The Labute approximate surface area is 89.3 Å². The van der Waals surface area contributed by atoms with E-state index >= 15 is 0 Å². The molecule has 0 spiro atoms. The van der Waals surface area contributed by atoms with Gasteiger partial charge in [-0.3, -0.25) is 4.79 Å². The zero-order valence-electron chi connectivity index (χ0n) is 7.93. The van der Waals surface area contributed by atoms with Gasteiger partial charge in [0.25, 0.3) is 5.56 Å². The van der Waals surface area contributed by atoms with E-state index in [1.54, 1.807) is 16.7 Å². The highest BCUT2D eigenvalue weighted by molar-refractivity contribution is 5.85. The van der Waals surface area contributed by atoms with Crippen molar-refractivity contribution in [2.24, 2.45) is 11.7 Å². The van der Waals surface area contributed by atoms with Gasteiger partial charge in [-0.25, -0.2) is 0 Å². The smallest absolute Gasteiger partial charge is 0.250 e. The zero-order valence-corrected chi connectivity index (χ0v) is 8.74. The van der Waals surface area contributed by atoms with E-state index in [4.69, 9.17) is 5.73 Å². The topological polar surface area (TPSA) is 48.0 Å². The van der Waals surface area contributed by atoms with Crippen molar-refractivity contribution in [3.63, 3.8) is 0 Å². The van der Waals surface area contributed by atoms with Gasteiger partial charge in [0.15, 0.2) is 0 Å². The molecule has 78 valence electrons. The molecule has 1 heterocycles. The third-order valence-electron chi connectivity index (χ3n) is 2.63. The Morgan fingerprint density at radius 3 is 2.71 bits per heavy atom. The minimum atomic E-state index is 0. The predicted molar refractivity (Wildman–Crippen MR) is 58.6 cm³/mol. The van der Waals surface area contributed by atoms with E-state index in [0.717, 1.165) is 19.4 Å². The highest BCUT2D eigenvalue weighted by atomic mass is 35.5. The molecule has 1 aromatic heterocycles. The minimum absolute atomic E-state index is 0. The molecule has 1 saturated carbocycles. The molecule has 4 heteroatoms. The van der Waals surface area contributed by atoms with Crippen LogP contribution in [0.3, 0.4) is 0 Å². The molecular formula is C10H15ClN2O. The lowest BCUT2D eigenvalue weighted by Gasteiger charge is -2.32. The van der Waals surface area contributed by atoms with E-state index in [2.05, 4.69) is 0 Å². The van der Waals surface area contributed by atoms with Crippen LogP contribution in [0.15, 0.2) is 29.2 Å². The number of halogens is 1. The summed E-state index contributed by atoms with van der Waals surface area (Å²) in [7, 11) is 0. The molecular weight excluding hydrogens is 200 g/mol. The molecule has 1 aliphatic rings. The molecule has 0 radical (unpaired) electrons. The van der Waals surface area contributed by atoms with Crippen molar-refractivity contribution >= 4 is 12.4 Å². The Morgan fingerprint density at radius 1 is 1.43 bits per heavy atom. The largest absolute Gasteiger partial charge is 0.328 e. The van der Waals surface area contributed by atoms with Crippen LogP contribution >= 0.6 is 12.4 Å². The Balaban J connectivity index is 0.000000980. The molecule has 1 aromatic rings. The second-order valence-corrected chi connectivity index (χ2v) is 3.79. The van der Waals surface area contributed by atoms with E-state index in [1.807, 2.05) is 12.3 Å². The van der Waals surface area contributed by atoms with E-state index < -0.39 is 0 Å². The molecule has 3 nitrogen and oxygen atoms in total. The average Bonchev–Trinajstić information content (AvgIpc) is 2.06. The molecule has 2 rings (SSSR count). The first-order chi connectivity index (χ1) is 6.25. The van der Waals surface area contributed by atoms with Gasteiger partial charge in [0.1, 0.15) is 0 Å². The first kappa shape index (κ1) is 11.3. The number of hydrogen-bond acceptors (Lipinski definition) is 2. The van der Waals surface area contributed by atoms with Gasteiger partial charge in [-0.2, -0.15) is 0 Å². The molecule has 0 unspecified atom stereocenters. The number of nitrogens with zero attached hydrogens (tertiary/aromatic N) is 1. The van der Waals surface area contributed by atoms with E-state index in [-0.39, 0.29) is 18.0 Å². The van der Waals surface area contributed by atoms with Crippen molar-refractivity contribution < 1.29 is 0 Å². The maximum absolute atomic E-state index is 11.3. The lowest BCUT2D eigenvalue weighted by molar-refractivity contribution is 0.232. The first-order valence-electron chi connectivity index (χ1n) is 4.67. The summed E-state index contributed by atoms with van der Waals surface area (Å²) in [6.07, 6.45) is 3.95. The lowest BCUT2D eigenvalue weighted by Crippen LogP contribution is -2.39. The molecule has 0 aromatic carbocycles. The summed E-state index contributed by atoms with van der Waals surface area (Å²) >= 11 is 0. The van der Waals surface area contributed by atoms with Crippen LogP contribution in [0, 0.1) is 5.92 Å². The van der Waals surface area contributed by atoms with Crippen LogP contribution < -0.4 is 11.3 Å². The molecule has 0 saturated heterocycles. The summed E-state index contributed by atoms with van der Waals surface area (Å²) < 4.78 is 1.76. The Kier molecular flexibility index (Phi) is 3.72. The van der Waals surface area contributed by atoms with Crippen molar-refractivity contribution in [3.05, 3.63) is 34.7 Å². The molecule has 0 amide bonds. The Morgan fingerprint density at radius 2 is 2.14 bits per heavy atom. The Bertz CT molecular complexity index is 344. The predicted octanol–water partition coefficient (Wildman–Crippen LogP) is 1.01. The average molecular weight is 215 g/mol. The van der Waals surface area contributed by atoms with Gasteiger partial charge in [-0.05, 0) is 24.8 Å². The number of hydrogen-bond donors (Lipinski definition) is 1. The Hall–Kier alpha value is -0.800. The third kappa shape index (κ3) is 2.36. The number of aromatic nitrogens is 1. The summed E-state index contributed by atoms with van der Waals surface area (Å²) in [6, 6.07) is 5.62. The first-order valence-corrected chi connectivity index (χ1v) is 4.67. The fourth-order valence-electron chi connectivity index (χ4n) is 1.83. The molecule has 0 bridgehead atoms. The second kappa shape index (κ2) is 4.62. The quantitative estimate of drug-likeness (QED) is 0.799. The standard InChI is InChI=1S/C10H14N2O.ClH/c11-9-5-8(6-9)7-12-4-2-1-3-10(12)13;/h1-4,8-9H,5-7,11H2;1H. The van der Waals surface area contributed by atoms with Crippen molar-refractivity contribution in [2.45, 2.75) is 25.4 Å². The summed E-state index contributed by atoms with van der Waals surface area (Å²) in [5.74, 6) is 0.607. The van der Waals surface area contributed by atoms with Gasteiger partial charge in [-0.15, -0.1) is 12.4 Å². The van der Waals surface area contributed by atoms with Gasteiger partial charge >= 0.3 is 0 Å². The van der Waals surface area contributed by atoms with Crippen LogP contribution in [0.25, 0.3) is 0 Å². The molecule has 0 aliphatic heterocycles. The van der Waals surface area contributed by atoms with Gasteiger partial charge in [0, 0.05) is 24.8 Å². The van der Waals surface area contributed by atoms with Crippen molar-refractivity contribution in [1.29, 1.82) is 0 Å². The van der Waals surface area contributed by atoms with Crippen LogP contribution in [0.5, 0.6) is 0 Å². The lowest BCUT2D eigenvalue weighted by atomic mass is 9.81. The van der Waals surface area contributed by atoms with E-state index in [0.29, 0.717) is 12.0 Å². The highest BCUT2D eigenvalue weighted by Gasteiger charge is 2.25. The minimum Gasteiger partial charge on any atom is -0.328 e. The number of nitrogens with two attached hydrogens (primary N) is 1. The van der Waals surface area contributed by atoms with Gasteiger partial charge in [-0.1, -0.05) is 6.07 Å². The fourth-order valence-corrected chi connectivity index (χ4v) is 1.83. The maximum Gasteiger partial charge on any atom is 0.250 e. The van der Waals surface area contributed by atoms with Crippen molar-refractivity contribution in [1.82, 2.24) is 4.57 Å². The van der Waals surface area contributed by atoms with Crippen molar-refractivity contribution in [3.8, 4) is 0 Å². The van der Waals surface area contributed by atoms with Gasteiger partial charge in [0.2, 0.25) is 0 Å². The summed E-state index contributed by atoms with van der Waals surface area (Å²) in [6.45, 7) is 0.827. The third-order valence-corrected chi connectivity index (χ3v) is 2.63. The van der Waals surface area contributed by atoms with E-state index in [9.17, 15) is 4.79 Å². The van der Waals surface area contributed by atoms with Crippen molar-refractivity contribution in [2.75, 3.05) is 0 Å². The molecule has 1 aliphatic carbocycles. The summed E-state index contributed by atoms with van der Waals surface area (Å²) in [5.41, 5.74) is 5.76. The molecule has 14 heavy (non-hydrogen) atoms. The number of pyridine rings is 1. The normalized spacial score (nSPS) is 24.9. The van der Waals surface area contributed by atoms with Gasteiger partial charge in [0.05, 0.1) is 0 Å². The van der Waals surface area contributed by atoms with Crippen LogP contribution in [-0.4, -0.2) is 10.6 Å². The molecule has 0 atom stereocenters.